The molecule has 0 bridgehead atoms. The highest BCUT2D eigenvalue weighted by atomic mass is 79.9. The number of halogens is 1. The minimum absolute atomic E-state index is 0.217. The first-order chi connectivity index (χ1) is 12.8. The van der Waals surface area contributed by atoms with Gasteiger partial charge in [-0.3, -0.25) is 14.5 Å². The highest BCUT2D eigenvalue weighted by Gasteiger charge is 2.41. The molecule has 0 spiro atoms. The van der Waals surface area contributed by atoms with Gasteiger partial charge in [-0.05, 0) is 72.2 Å². The van der Waals surface area contributed by atoms with Crippen LogP contribution in [0, 0.1) is 0 Å². The molecule has 0 N–H and O–H groups in total. The van der Waals surface area contributed by atoms with Crippen molar-refractivity contribution in [3.63, 3.8) is 0 Å². The van der Waals surface area contributed by atoms with Crippen LogP contribution in [0.3, 0.4) is 0 Å². The zero-order valence-corrected chi connectivity index (χ0v) is 17.8. The fourth-order valence-electron chi connectivity index (χ4n) is 2.46. The van der Waals surface area contributed by atoms with Crippen LogP contribution in [0.1, 0.15) is 26.3 Å². The van der Waals surface area contributed by atoms with Crippen LogP contribution in [0.2, 0.25) is 0 Å². The van der Waals surface area contributed by atoms with Crippen LogP contribution in [0.25, 0.3) is 6.08 Å². The fourth-order valence-corrected chi connectivity index (χ4v) is 3.94. The first kappa shape index (κ1) is 21.3. The van der Waals surface area contributed by atoms with Crippen molar-refractivity contribution in [1.82, 2.24) is 4.90 Å². The molecule has 1 fully saturated rings. The van der Waals surface area contributed by atoms with Gasteiger partial charge in [-0.25, -0.2) is 4.79 Å². The third-order valence-electron chi connectivity index (χ3n) is 3.67. The van der Waals surface area contributed by atoms with Gasteiger partial charge in [0.1, 0.15) is 6.04 Å². The molecule has 0 aromatic heterocycles. The number of esters is 1. The second kappa shape index (κ2) is 9.27. The predicted molar refractivity (Wildman–Crippen MR) is 106 cm³/mol. The smallest absolute Gasteiger partial charge is 0.328 e. The molecule has 1 aliphatic heterocycles. The molecule has 1 atom stereocenters. The van der Waals surface area contributed by atoms with Crippen molar-refractivity contribution in [2.24, 2.45) is 0 Å². The van der Waals surface area contributed by atoms with Crippen molar-refractivity contribution >= 4 is 50.9 Å². The van der Waals surface area contributed by atoms with Crippen molar-refractivity contribution in [2.75, 3.05) is 20.3 Å². The average Bonchev–Trinajstić information content (AvgIpc) is 2.90. The number of hydrogen-bond donors (Lipinski definition) is 0. The first-order valence-corrected chi connectivity index (χ1v) is 9.88. The summed E-state index contributed by atoms with van der Waals surface area (Å²) >= 11 is 4.22. The lowest BCUT2D eigenvalue weighted by Gasteiger charge is -2.18. The number of rotatable bonds is 7. The quantitative estimate of drug-likeness (QED) is 0.454. The summed E-state index contributed by atoms with van der Waals surface area (Å²) in [4.78, 5) is 37.6. The van der Waals surface area contributed by atoms with E-state index in [2.05, 4.69) is 20.7 Å². The minimum atomic E-state index is -0.987. The van der Waals surface area contributed by atoms with E-state index < -0.39 is 23.2 Å². The van der Waals surface area contributed by atoms with Crippen molar-refractivity contribution in [3.8, 4) is 11.5 Å². The van der Waals surface area contributed by atoms with Gasteiger partial charge in [0.25, 0.3) is 11.1 Å². The van der Waals surface area contributed by atoms with Gasteiger partial charge in [0.05, 0.1) is 29.7 Å². The number of ether oxygens (including phenoxy) is 3. The molecule has 0 aliphatic carbocycles. The lowest BCUT2D eigenvalue weighted by Crippen LogP contribution is -2.42. The van der Waals surface area contributed by atoms with E-state index in [0.29, 0.717) is 34.7 Å². The number of methoxy groups -OCH3 is 1. The third kappa shape index (κ3) is 4.65. The number of amides is 2. The number of imide groups is 1. The molecule has 0 unspecified atom stereocenters. The second-order valence-electron chi connectivity index (χ2n) is 5.45. The summed E-state index contributed by atoms with van der Waals surface area (Å²) in [5, 5.41) is -0.515. The molecule has 0 radical (unpaired) electrons. The number of hydrogen-bond acceptors (Lipinski definition) is 7. The molecule has 7 nitrogen and oxygen atoms in total. The summed E-state index contributed by atoms with van der Waals surface area (Å²) < 4.78 is 16.5. The number of thioether (sulfide) groups is 1. The van der Waals surface area contributed by atoms with Crippen LogP contribution in [0.5, 0.6) is 11.5 Å². The summed E-state index contributed by atoms with van der Waals surface area (Å²) in [6, 6.07) is 2.52. The maximum atomic E-state index is 12.6. The van der Waals surface area contributed by atoms with Gasteiger partial charge in [-0.2, -0.15) is 0 Å². The lowest BCUT2D eigenvalue weighted by molar-refractivity contribution is -0.148. The Balaban J connectivity index is 2.37. The zero-order chi connectivity index (χ0) is 20.1. The van der Waals surface area contributed by atoms with E-state index in [0.717, 1.165) is 16.7 Å². The Hall–Kier alpha value is -2.00. The second-order valence-corrected chi connectivity index (χ2v) is 7.29. The number of benzene rings is 1. The largest absolute Gasteiger partial charge is 0.490 e. The van der Waals surface area contributed by atoms with E-state index in [1.807, 2.05) is 13.8 Å². The monoisotopic (exact) mass is 457 g/mol. The third-order valence-corrected chi connectivity index (χ3v) is 5.14. The van der Waals surface area contributed by atoms with Crippen LogP contribution in [0.4, 0.5) is 4.79 Å². The van der Waals surface area contributed by atoms with E-state index in [1.165, 1.54) is 14.0 Å². The van der Waals surface area contributed by atoms with Crippen LogP contribution in [-0.4, -0.2) is 48.4 Å². The number of nitrogens with zero attached hydrogens (tertiary/aromatic N) is 1. The number of carbonyl (C=O) groups excluding carboxylic acids is 3. The Kier molecular flexibility index (Phi) is 7.32. The Bertz CT molecular complexity index is 794. The van der Waals surface area contributed by atoms with Gasteiger partial charge in [0, 0.05) is 0 Å². The molecular weight excluding hydrogens is 438 g/mol. The molecule has 1 saturated heterocycles. The first-order valence-electron chi connectivity index (χ1n) is 8.28. The van der Waals surface area contributed by atoms with E-state index in [-0.39, 0.29) is 4.91 Å². The maximum Gasteiger partial charge on any atom is 0.328 e. The van der Waals surface area contributed by atoms with Gasteiger partial charge in [0.2, 0.25) is 0 Å². The Morgan fingerprint density at radius 2 is 1.93 bits per heavy atom. The van der Waals surface area contributed by atoms with Crippen molar-refractivity contribution in [1.29, 1.82) is 0 Å². The molecular formula is C18H20BrNO6S. The van der Waals surface area contributed by atoms with Gasteiger partial charge in [-0.15, -0.1) is 0 Å². The number of carbonyl (C=O) groups is 3. The van der Waals surface area contributed by atoms with Crippen molar-refractivity contribution < 1.29 is 28.6 Å². The van der Waals surface area contributed by atoms with E-state index in [1.54, 1.807) is 18.2 Å². The summed E-state index contributed by atoms with van der Waals surface area (Å²) in [6.45, 7) is 6.10. The topological polar surface area (TPSA) is 82.1 Å². The standard InChI is InChI=1S/C18H20BrNO6S/c1-5-25-13-8-11(7-12(19)15(13)26-6-2)9-14-16(21)20(18(23)27-14)10(3)17(22)24-4/h7-10H,5-6H2,1-4H3/b14-9-/t10-/m0/s1. The Morgan fingerprint density at radius 3 is 2.52 bits per heavy atom. The van der Waals surface area contributed by atoms with E-state index in [4.69, 9.17) is 9.47 Å². The van der Waals surface area contributed by atoms with E-state index in [9.17, 15) is 14.4 Å². The highest BCUT2D eigenvalue weighted by molar-refractivity contribution is 9.10. The summed E-state index contributed by atoms with van der Waals surface area (Å²) in [5.41, 5.74) is 0.657. The van der Waals surface area contributed by atoms with E-state index >= 15 is 0 Å². The van der Waals surface area contributed by atoms with Gasteiger partial charge >= 0.3 is 5.97 Å². The van der Waals surface area contributed by atoms with Crippen molar-refractivity contribution in [3.05, 3.63) is 27.1 Å². The van der Waals surface area contributed by atoms with Gasteiger partial charge in [-0.1, -0.05) is 0 Å². The van der Waals surface area contributed by atoms with Gasteiger partial charge in [0.15, 0.2) is 11.5 Å². The molecule has 1 aromatic carbocycles. The minimum Gasteiger partial charge on any atom is -0.490 e. The zero-order valence-electron chi connectivity index (χ0n) is 15.4. The predicted octanol–water partition coefficient (Wildman–Crippen LogP) is 3.84. The van der Waals surface area contributed by atoms with Gasteiger partial charge < -0.3 is 14.2 Å². The molecule has 0 saturated carbocycles. The normalized spacial score (nSPS) is 16.6. The highest BCUT2D eigenvalue weighted by Crippen LogP contribution is 2.39. The average molecular weight is 458 g/mol. The molecule has 2 rings (SSSR count). The van der Waals surface area contributed by atoms with Crippen LogP contribution >= 0.6 is 27.7 Å². The summed E-state index contributed by atoms with van der Waals surface area (Å²) in [6.07, 6.45) is 1.58. The van der Waals surface area contributed by atoms with Crippen LogP contribution in [0.15, 0.2) is 21.5 Å². The lowest BCUT2D eigenvalue weighted by atomic mass is 10.1. The van der Waals surface area contributed by atoms with Crippen molar-refractivity contribution in [2.45, 2.75) is 26.8 Å². The SMILES string of the molecule is CCOc1cc(/C=C2\SC(=O)N([C@@H](C)C(=O)OC)C2=O)cc(Br)c1OCC. The Morgan fingerprint density at radius 1 is 1.26 bits per heavy atom. The molecule has 2 amide bonds. The fraction of sp³-hybridized carbons (Fsp3) is 0.389. The molecule has 1 aliphatic rings. The Labute approximate surface area is 170 Å². The molecule has 1 heterocycles. The maximum absolute atomic E-state index is 12.6. The van der Waals surface area contributed by atoms with Crippen LogP contribution in [-0.2, 0) is 14.3 Å². The molecule has 1 aromatic rings. The van der Waals surface area contributed by atoms with Crippen LogP contribution < -0.4 is 9.47 Å². The summed E-state index contributed by atoms with van der Waals surface area (Å²) in [7, 11) is 1.21. The summed E-state index contributed by atoms with van der Waals surface area (Å²) in [5.74, 6) is -0.0853. The molecule has 27 heavy (non-hydrogen) atoms. The molecule has 9 heteroatoms. The molecule has 146 valence electrons.